The highest BCUT2D eigenvalue weighted by molar-refractivity contribution is 6.33. The molecule has 0 saturated heterocycles. The van der Waals surface area contributed by atoms with Crippen LogP contribution in [0.4, 0.5) is 11.4 Å². The van der Waals surface area contributed by atoms with Crippen LogP contribution >= 0.6 is 11.6 Å². The van der Waals surface area contributed by atoms with Crippen LogP contribution in [0, 0.1) is 6.92 Å². The number of hydrogen-bond donors (Lipinski definition) is 1. The summed E-state index contributed by atoms with van der Waals surface area (Å²) in [7, 11) is 0. The van der Waals surface area contributed by atoms with E-state index in [9.17, 15) is 5.11 Å². The molecule has 3 rings (SSSR count). The second kappa shape index (κ2) is 6.93. The van der Waals surface area contributed by atoms with Gasteiger partial charge in [0.05, 0.1) is 10.4 Å². The molecule has 0 unspecified atom stereocenters. The zero-order chi connectivity index (χ0) is 20.9. The number of hydrogen-bond acceptors (Lipinski definition) is 4. The van der Waals surface area contributed by atoms with E-state index in [0.717, 1.165) is 22.1 Å². The van der Waals surface area contributed by atoms with Crippen LogP contribution in [0.15, 0.2) is 45.0 Å². The molecule has 1 aromatic heterocycles. The lowest BCUT2D eigenvalue weighted by atomic mass is 9.79. The van der Waals surface area contributed by atoms with Crippen LogP contribution in [-0.2, 0) is 10.8 Å². The van der Waals surface area contributed by atoms with Gasteiger partial charge in [0.2, 0.25) is 0 Å². The zero-order valence-corrected chi connectivity index (χ0v) is 18.3. The van der Waals surface area contributed by atoms with Gasteiger partial charge in [0.25, 0.3) is 0 Å². The molecule has 0 aliphatic heterocycles. The Kier molecular flexibility index (Phi) is 5.05. The van der Waals surface area contributed by atoms with Crippen LogP contribution in [0.25, 0.3) is 11.0 Å². The van der Waals surface area contributed by atoms with Gasteiger partial charge in [0.15, 0.2) is 5.69 Å². The van der Waals surface area contributed by atoms with Crippen molar-refractivity contribution in [2.45, 2.75) is 59.3 Å². The van der Waals surface area contributed by atoms with Gasteiger partial charge in [-0.3, -0.25) is 0 Å². The first-order chi connectivity index (χ1) is 12.9. The summed E-state index contributed by atoms with van der Waals surface area (Å²) in [5.74, 6) is -0.237. The highest BCUT2D eigenvalue weighted by Crippen LogP contribution is 2.45. The third kappa shape index (κ3) is 3.93. The molecule has 0 aliphatic rings. The van der Waals surface area contributed by atoms with E-state index in [2.05, 4.69) is 57.8 Å². The molecule has 0 radical (unpaired) electrons. The van der Waals surface area contributed by atoms with E-state index < -0.39 is 0 Å². The Morgan fingerprint density at radius 2 is 1.61 bits per heavy atom. The molecular formula is C23H27ClN2O2. The van der Waals surface area contributed by atoms with Gasteiger partial charge in [-0.2, -0.15) is 0 Å². The molecule has 0 amide bonds. The number of azo groups is 1. The minimum Gasteiger partial charge on any atom is -0.479 e. The van der Waals surface area contributed by atoms with Crippen LogP contribution in [0.1, 0.15) is 58.2 Å². The maximum absolute atomic E-state index is 10.5. The van der Waals surface area contributed by atoms with E-state index in [1.807, 2.05) is 31.2 Å². The number of nitrogens with zero attached hydrogens (tertiary/aromatic N) is 2. The van der Waals surface area contributed by atoms with E-state index in [4.69, 9.17) is 16.0 Å². The van der Waals surface area contributed by atoms with Crippen LogP contribution in [0.5, 0.6) is 5.95 Å². The summed E-state index contributed by atoms with van der Waals surface area (Å²) in [6.45, 7) is 14.8. The lowest BCUT2D eigenvalue weighted by Crippen LogP contribution is -2.16. The van der Waals surface area contributed by atoms with E-state index in [0.29, 0.717) is 22.0 Å². The number of halogens is 1. The van der Waals surface area contributed by atoms with Crippen molar-refractivity contribution < 1.29 is 9.52 Å². The van der Waals surface area contributed by atoms with Crippen molar-refractivity contribution in [1.82, 2.24) is 0 Å². The Morgan fingerprint density at radius 1 is 0.929 bits per heavy atom. The second-order valence-electron chi connectivity index (χ2n) is 9.31. The van der Waals surface area contributed by atoms with E-state index in [1.165, 1.54) is 0 Å². The lowest BCUT2D eigenvalue weighted by Gasteiger charge is -2.25. The number of fused-ring (bicyclic) bond motifs is 1. The largest absolute Gasteiger partial charge is 0.479 e. The lowest BCUT2D eigenvalue weighted by molar-refractivity contribution is 0.346. The van der Waals surface area contributed by atoms with Gasteiger partial charge in [-0.05, 0) is 47.1 Å². The van der Waals surface area contributed by atoms with E-state index >= 15 is 0 Å². The van der Waals surface area contributed by atoms with Crippen molar-refractivity contribution in [3.05, 3.63) is 52.0 Å². The topological polar surface area (TPSA) is 58.1 Å². The Balaban J connectivity index is 2.23. The Hall–Kier alpha value is -2.33. The zero-order valence-electron chi connectivity index (χ0n) is 17.5. The molecule has 1 N–H and O–H groups in total. The van der Waals surface area contributed by atoms with Gasteiger partial charge in [-0.15, -0.1) is 10.2 Å². The number of aryl methyl sites for hydroxylation is 1. The van der Waals surface area contributed by atoms with Gasteiger partial charge >= 0.3 is 5.95 Å². The predicted molar refractivity (Wildman–Crippen MR) is 116 cm³/mol. The average Bonchev–Trinajstić information content (AvgIpc) is 2.86. The number of rotatable bonds is 2. The predicted octanol–water partition coefficient (Wildman–Crippen LogP) is 8.11. The van der Waals surface area contributed by atoms with Crippen LogP contribution in [0.3, 0.4) is 0 Å². The first-order valence-electron chi connectivity index (χ1n) is 9.36. The molecule has 0 fully saturated rings. The molecule has 3 aromatic rings. The first-order valence-corrected chi connectivity index (χ1v) is 9.74. The molecule has 0 aliphatic carbocycles. The van der Waals surface area contributed by atoms with Crippen molar-refractivity contribution in [2.24, 2.45) is 10.2 Å². The Bertz CT molecular complexity index is 1070. The molecule has 0 spiro atoms. The summed E-state index contributed by atoms with van der Waals surface area (Å²) < 4.78 is 5.73. The fourth-order valence-electron chi connectivity index (χ4n) is 3.06. The molecule has 1 heterocycles. The molecule has 0 bridgehead atoms. The summed E-state index contributed by atoms with van der Waals surface area (Å²) in [6.07, 6.45) is 0. The van der Waals surface area contributed by atoms with Gasteiger partial charge in [-0.25, -0.2) is 0 Å². The number of aromatic hydroxyl groups is 1. The van der Waals surface area contributed by atoms with E-state index in [1.54, 1.807) is 0 Å². The van der Waals surface area contributed by atoms with Crippen LogP contribution in [-0.4, -0.2) is 5.11 Å². The second-order valence-corrected chi connectivity index (χ2v) is 9.72. The van der Waals surface area contributed by atoms with Crippen molar-refractivity contribution in [3.8, 4) is 5.95 Å². The maximum atomic E-state index is 10.5. The van der Waals surface area contributed by atoms with Crippen molar-refractivity contribution >= 4 is 33.9 Å². The highest BCUT2D eigenvalue weighted by Gasteiger charge is 2.27. The molecule has 0 saturated carbocycles. The summed E-state index contributed by atoms with van der Waals surface area (Å²) in [4.78, 5) is 0. The van der Waals surface area contributed by atoms with Gasteiger partial charge < -0.3 is 9.52 Å². The fraction of sp³-hybridized carbons (Fsp3) is 0.391. The molecule has 4 nitrogen and oxygen atoms in total. The first kappa shape index (κ1) is 20.4. The molecule has 2 aromatic carbocycles. The third-order valence-electron chi connectivity index (χ3n) is 4.78. The monoisotopic (exact) mass is 398 g/mol. The molecule has 28 heavy (non-hydrogen) atoms. The fourth-order valence-corrected chi connectivity index (χ4v) is 3.33. The highest BCUT2D eigenvalue weighted by atomic mass is 35.5. The normalized spacial score (nSPS) is 13.0. The van der Waals surface area contributed by atoms with Crippen molar-refractivity contribution in [1.29, 1.82) is 0 Å². The smallest absolute Gasteiger partial charge is 0.312 e. The van der Waals surface area contributed by atoms with E-state index in [-0.39, 0.29) is 16.8 Å². The van der Waals surface area contributed by atoms with Crippen molar-refractivity contribution in [2.75, 3.05) is 0 Å². The third-order valence-corrected chi connectivity index (χ3v) is 5.08. The number of furan rings is 1. The van der Waals surface area contributed by atoms with Gasteiger partial charge in [0.1, 0.15) is 11.3 Å². The maximum Gasteiger partial charge on any atom is 0.312 e. The molecule has 148 valence electrons. The summed E-state index contributed by atoms with van der Waals surface area (Å²) in [6, 6.07) is 9.74. The minimum absolute atomic E-state index is 0.0598. The molecule has 0 atom stereocenters. The Labute approximate surface area is 171 Å². The molecular weight excluding hydrogens is 372 g/mol. The average molecular weight is 399 g/mol. The standard InChI is InChI=1S/C23H27ClN2O2/c1-13-8-9-18(17(24)10-13)25-26-19-15-11-14(22(2,3)4)12-16(23(5,6)7)20(15)28-21(19)27/h8-12,27H,1-7H3. The summed E-state index contributed by atoms with van der Waals surface area (Å²) in [5.41, 5.74) is 4.52. The minimum atomic E-state index is -0.237. The van der Waals surface area contributed by atoms with Gasteiger partial charge in [0, 0.05) is 5.56 Å². The van der Waals surface area contributed by atoms with Crippen LogP contribution < -0.4 is 0 Å². The summed E-state index contributed by atoms with van der Waals surface area (Å²) in [5, 5.41) is 20.3. The van der Waals surface area contributed by atoms with Crippen LogP contribution in [0.2, 0.25) is 5.02 Å². The SMILES string of the molecule is Cc1ccc(N=Nc2c(O)oc3c(C(C)(C)C)cc(C(C)(C)C)cc23)c(Cl)c1. The quantitative estimate of drug-likeness (QED) is 0.443. The van der Waals surface area contributed by atoms with Gasteiger partial charge in [-0.1, -0.05) is 65.3 Å². The molecule has 5 heteroatoms. The van der Waals surface area contributed by atoms with Crippen molar-refractivity contribution in [3.63, 3.8) is 0 Å². The Morgan fingerprint density at radius 3 is 2.18 bits per heavy atom. The number of benzene rings is 2. The summed E-state index contributed by atoms with van der Waals surface area (Å²) >= 11 is 6.26.